The van der Waals surface area contributed by atoms with Crippen molar-refractivity contribution in [2.45, 2.75) is 0 Å². The molecule has 0 spiro atoms. The van der Waals surface area contributed by atoms with Crippen molar-refractivity contribution in [2.75, 3.05) is 31.7 Å². The van der Waals surface area contributed by atoms with Crippen LogP contribution in [0.2, 0.25) is 0 Å². The van der Waals surface area contributed by atoms with Crippen molar-refractivity contribution in [3.05, 3.63) is 28.0 Å². The number of halogens is 2. The lowest BCUT2D eigenvalue weighted by Gasteiger charge is -2.11. The number of aliphatic hydroxyl groups excluding tert-OH is 1. The molecule has 1 rings (SSSR count). The lowest BCUT2D eigenvalue weighted by molar-refractivity contribution is 0.0987. The van der Waals surface area contributed by atoms with Gasteiger partial charge in [0.1, 0.15) is 5.82 Å². The van der Waals surface area contributed by atoms with Gasteiger partial charge < -0.3 is 20.9 Å². The van der Waals surface area contributed by atoms with E-state index < -0.39 is 11.7 Å². The fourth-order valence-electron chi connectivity index (χ4n) is 1.39. The van der Waals surface area contributed by atoms with Crippen molar-refractivity contribution in [3.63, 3.8) is 0 Å². The Balaban J connectivity index is 2.71. The second-order valence-corrected chi connectivity index (χ2v) is 4.35. The topological polar surface area (TPSA) is 84.6 Å². The normalized spacial score (nSPS) is 10.4. The van der Waals surface area contributed by atoms with E-state index in [-0.39, 0.29) is 18.8 Å². The number of rotatable bonds is 7. The van der Waals surface area contributed by atoms with E-state index in [0.717, 1.165) is 0 Å². The zero-order valence-corrected chi connectivity index (χ0v) is 11.2. The van der Waals surface area contributed by atoms with Crippen LogP contribution in [0.15, 0.2) is 16.6 Å². The third kappa shape index (κ3) is 4.25. The number of ether oxygens (including phenoxy) is 1. The molecule has 0 aliphatic rings. The van der Waals surface area contributed by atoms with Crippen LogP contribution in [0.1, 0.15) is 10.4 Å². The van der Waals surface area contributed by atoms with E-state index in [1.807, 2.05) is 0 Å². The molecule has 0 aliphatic heterocycles. The van der Waals surface area contributed by atoms with Gasteiger partial charge in [-0.2, -0.15) is 0 Å². The third-order valence-electron chi connectivity index (χ3n) is 2.10. The summed E-state index contributed by atoms with van der Waals surface area (Å²) in [4.78, 5) is 11.2. The Morgan fingerprint density at radius 1 is 1.50 bits per heavy atom. The molecule has 0 unspecified atom stereocenters. The molecule has 7 heteroatoms. The molecule has 0 bridgehead atoms. The van der Waals surface area contributed by atoms with Crippen LogP contribution in [-0.2, 0) is 4.74 Å². The van der Waals surface area contributed by atoms with Gasteiger partial charge in [0, 0.05) is 11.0 Å². The van der Waals surface area contributed by atoms with Crippen LogP contribution in [0.5, 0.6) is 0 Å². The summed E-state index contributed by atoms with van der Waals surface area (Å²) in [5.74, 6) is -1.52. The average molecular weight is 321 g/mol. The highest BCUT2D eigenvalue weighted by molar-refractivity contribution is 9.10. The maximum absolute atomic E-state index is 13.6. The van der Waals surface area contributed by atoms with Crippen LogP contribution in [0.4, 0.5) is 10.1 Å². The second kappa shape index (κ2) is 7.30. The van der Waals surface area contributed by atoms with E-state index in [1.165, 1.54) is 6.07 Å². The van der Waals surface area contributed by atoms with Gasteiger partial charge in [-0.25, -0.2) is 4.39 Å². The summed E-state index contributed by atoms with van der Waals surface area (Å²) in [5, 5.41) is 11.4. The number of anilines is 1. The first-order chi connectivity index (χ1) is 8.56. The predicted octanol–water partition coefficient (Wildman–Crippen LogP) is 1.11. The van der Waals surface area contributed by atoms with Crippen molar-refractivity contribution in [3.8, 4) is 0 Å². The first-order valence-electron chi connectivity index (χ1n) is 5.27. The Kier molecular flexibility index (Phi) is 6.03. The monoisotopic (exact) mass is 320 g/mol. The summed E-state index contributed by atoms with van der Waals surface area (Å²) < 4.78 is 19.1. The average Bonchev–Trinajstić information content (AvgIpc) is 2.27. The van der Waals surface area contributed by atoms with Crippen molar-refractivity contribution in [2.24, 2.45) is 5.73 Å². The standard InChI is InChI=1S/C11H14BrFN2O3/c12-7-5-8(13)10(11(14)17)9(6-7)15-1-3-18-4-2-16/h5-6,15-16H,1-4H2,(H2,14,17). The number of amides is 1. The second-order valence-electron chi connectivity index (χ2n) is 3.44. The van der Waals surface area contributed by atoms with E-state index in [1.54, 1.807) is 6.07 Å². The van der Waals surface area contributed by atoms with Gasteiger partial charge in [-0.1, -0.05) is 15.9 Å². The number of carbonyl (C=O) groups excluding carboxylic acids is 1. The van der Waals surface area contributed by atoms with Crippen molar-refractivity contribution >= 4 is 27.5 Å². The minimum Gasteiger partial charge on any atom is -0.394 e. The van der Waals surface area contributed by atoms with E-state index in [2.05, 4.69) is 21.2 Å². The number of aliphatic hydroxyl groups is 1. The molecular weight excluding hydrogens is 307 g/mol. The van der Waals surface area contributed by atoms with Gasteiger partial charge in [0.15, 0.2) is 0 Å². The van der Waals surface area contributed by atoms with Crippen molar-refractivity contribution < 1.29 is 19.0 Å². The number of hydrogen-bond donors (Lipinski definition) is 3. The summed E-state index contributed by atoms with van der Waals surface area (Å²) in [7, 11) is 0. The van der Waals surface area contributed by atoms with Crippen LogP contribution in [0.3, 0.4) is 0 Å². The first kappa shape index (κ1) is 14.9. The molecule has 0 fully saturated rings. The molecular formula is C11H14BrFN2O3. The summed E-state index contributed by atoms with van der Waals surface area (Å²) >= 11 is 3.13. The van der Waals surface area contributed by atoms with Crippen LogP contribution in [0.25, 0.3) is 0 Å². The van der Waals surface area contributed by atoms with E-state index in [4.69, 9.17) is 15.6 Å². The summed E-state index contributed by atoms with van der Waals surface area (Å²) in [6, 6.07) is 2.74. The highest BCUT2D eigenvalue weighted by atomic mass is 79.9. The molecule has 0 saturated carbocycles. The minimum atomic E-state index is -0.834. The Hall–Kier alpha value is -1.18. The summed E-state index contributed by atoms with van der Waals surface area (Å²) in [6.45, 7) is 0.873. The molecule has 0 aromatic heterocycles. The Morgan fingerprint density at radius 2 is 2.22 bits per heavy atom. The van der Waals surface area contributed by atoms with Gasteiger partial charge in [0.25, 0.3) is 5.91 Å². The molecule has 0 radical (unpaired) electrons. The lowest BCUT2D eigenvalue weighted by atomic mass is 10.1. The van der Waals surface area contributed by atoms with Crippen molar-refractivity contribution in [1.29, 1.82) is 0 Å². The van der Waals surface area contributed by atoms with Gasteiger partial charge in [0.05, 0.1) is 31.1 Å². The number of nitrogens with two attached hydrogens (primary N) is 1. The maximum atomic E-state index is 13.6. The van der Waals surface area contributed by atoms with E-state index >= 15 is 0 Å². The Labute approximate surface area is 112 Å². The number of carbonyl (C=O) groups is 1. The van der Waals surface area contributed by atoms with Gasteiger partial charge in [-0.3, -0.25) is 4.79 Å². The fraction of sp³-hybridized carbons (Fsp3) is 0.364. The van der Waals surface area contributed by atoms with E-state index in [0.29, 0.717) is 23.3 Å². The molecule has 0 aliphatic carbocycles. The van der Waals surface area contributed by atoms with Crippen LogP contribution in [0, 0.1) is 5.82 Å². The molecule has 18 heavy (non-hydrogen) atoms. The highest BCUT2D eigenvalue weighted by Gasteiger charge is 2.15. The zero-order chi connectivity index (χ0) is 13.5. The number of benzene rings is 1. The zero-order valence-electron chi connectivity index (χ0n) is 9.58. The molecule has 100 valence electrons. The third-order valence-corrected chi connectivity index (χ3v) is 2.56. The van der Waals surface area contributed by atoms with Gasteiger partial charge in [-0.15, -0.1) is 0 Å². The Morgan fingerprint density at radius 3 is 2.83 bits per heavy atom. The fourth-order valence-corrected chi connectivity index (χ4v) is 1.82. The van der Waals surface area contributed by atoms with Gasteiger partial charge in [0.2, 0.25) is 0 Å². The largest absolute Gasteiger partial charge is 0.394 e. The number of hydrogen-bond acceptors (Lipinski definition) is 4. The number of nitrogens with one attached hydrogen (secondary N) is 1. The smallest absolute Gasteiger partial charge is 0.253 e. The molecule has 5 nitrogen and oxygen atoms in total. The van der Waals surface area contributed by atoms with Crippen LogP contribution >= 0.6 is 15.9 Å². The molecule has 0 atom stereocenters. The molecule has 1 amide bonds. The molecule has 1 aromatic carbocycles. The molecule has 0 saturated heterocycles. The molecule has 4 N–H and O–H groups in total. The predicted molar refractivity (Wildman–Crippen MR) is 69.0 cm³/mol. The SMILES string of the molecule is NC(=O)c1c(F)cc(Br)cc1NCCOCCO. The quantitative estimate of drug-likeness (QED) is 0.657. The van der Waals surface area contributed by atoms with Gasteiger partial charge >= 0.3 is 0 Å². The van der Waals surface area contributed by atoms with Gasteiger partial charge in [-0.05, 0) is 12.1 Å². The summed E-state index contributed by atoms with van der Waals surface area (Å²) in [6.07, 6.45) is 0. The molecule has 0 heterocycles. The van der Waals surface area contributed by atoms with Crippen molar-refractivity contribution in [1.82, 2.24) is 0 Å². The minimum absolute atomic E-state index is 0.0575. The molecule has 1 aromatic rings. The van der Waals surface area contributed by atoms with E-state index in [9.17, 15) is 9.18 Å². The lowest BCUT2D eigenvalue weighted by Crippen LogP contribution is -2.18. The Bertz CT molecular complexity index is 429. The maximum Gasteiger partial charge on any atom is 0.253 e. The highest BCUT2D eigenvalue weighted by Crippen LogP contribution is 2.24. The summed E-state index contributed by atoms with van der Waals surface area (Å²) in [5.41, 5.74) is 5.25. The van der Waals surface area contributed by atoms with Crippen LogP contribution < -0.4 is 11.1 Å². The first-order valence-corrected chi connectivity index (χ1v) is 6.07. The number of primary amides is 1. The van der Waals surface area contributed by atoms with Crippen LogP contribution in [-0.4, -0.2) is 37.4 Å².